The summed E-state index contributed by atoms with van der Waals surface area (Å²) in [6, 6.07) is 47.2. The fourth-order valence-corrected chi connectivity index (χ4v) is 9.86. The molecule has 0 aromatic heterocycles. The van der Waals surface area contributed by atoms with Gasteiger partial charge in [0.1, 0.15) is 0 Å². The molecule has 5 aromatic rings. The minimum Gasteiger partial charge on any atom is -1.00 e. The second kappa shape index (κ2) is 14.0. The van der Waals surface area contributed by atoms with Gasteiger partial charge in [-0.05, 0) is 0 Å². The minimum atomic E-state index is -0.691. The van der Waals surface area contributed by atoms with Crippen LogP contribution in [-0.2, 0) is 30.6 Å². The van der Waals surface area contributed by atoms with Gasteiger partial charge in [-0.1, -0.05) is 0 Å². The van der Waals surface area contributed by atoms with Gasteiger partial charge >= 0.3 is 264 Å². The van der Waals surface area contributed by atoms with Crippen molar-refractivity contribution in [2.45, 2.75) is 38.3 Å². The van der Waals surface area contributed by atoms with Crippen molar-refractivity contribution in [1.82, 2.24) is 0 Å². The maximum Gasteiger partial charge on any atom is -1.00 e. The third kappa shape index (κ3) is 5.64. The van der Waals surface area contributed by atoms with E-state index in [4.69, 9.17) is 3.32 Å². The molecule has 217 valence electrons. The van der Waals surface area contributed by atoms with Crippen LogP contribution < -0.4 is 24.8 Å². The number of hydrogen-bond donors (Lipinski definition) is 0. The molecule has 44 heavy (non-hydrogen) atoms. The van der Waals surface area contributed by atoms with E-state index in [9.17, 15) is 0 Å². The first kappa shape index (κ1) is 32.4. The van der Waals surface area contributed by atoms with Crippen LogP contribution >= 0.6 is 0 Å². The van der Waals surface area contributed by atoms with Crippen LogP contribution in [-0.4, -0.2) is 13.6 Å². The SMILES string of the molecule is CC[Si](CC)=C1Cc2ccccc2C(C2c3ccc(-c4ccccc4)cc3-c3cc(-c4ccccc4)ccc32)=C1[O][Ti+2].[Cl-].[Cl-]. The smallest absolute Gasteiger partial charge is 1.00 e. The van der Waals surface area contributed by atoms with E-state index >= 15 is 0 Å². The Morgan fingerprint density at radius 2 is 1.11 bits per heavy atom. The largest absolute Gasteiger partial charge is 1.00 e. The molecule has 0 radical (unpaired) electrons. The molecule has 5 aromatic carbocycles. The second-order valence-corrected chi connectivity index (χ2v) is 14.8. The quantitative estimate of drug-likeness (QED) is 0.251. The Balaban J connectivity index is 0.00000192. The second-order valence-electron chi connectivity index (χ2n) is 11.2. The summed E-state index contributed by atoms with van der Waals surface area (Å²) in [6.45, 7) is 4.71. The Morgan fingerprint density at radius 3 is 1.61 bits per heavy atom. The van der Waals surface area contributed by atoms with Gasteiger partial charge in [-0.2, -0.15) is 0 Å². The van der Waals surface area contributed by atoms with Gasteiger partial charge in [-0.25, -0.2) is 0 Å². The Bertz CT molecular complexity index is 1770. The van der Waals surface area contributed by atoms with Gasteiger partial charge in [-0.15, -0.1) is 0 Å². The van der Waals surface area contributed by atoms with Crippen LogP contribution in [0.3, 0.4) is 0 Å². The van der Waals surface area contributed by atoms with Gasteiger partial charge in [0.2, 0.25) is 0 Å². The molecule has 0 fully saturated rings. The number of allylic oxidation sites excluding steroid dienone is 2. The molecular weight excluding hydrogens is 631 g/mol. The summed E-state index contributed by atoms with van der Waals surface area (Å²) in [5, 5.41) is 1.55. The van der Waals surface area contributed by atoms with Crippen LogP contribution in [0.5, 0.6) is 0 Å². The standard InChI is InChI=1S/C39H34OSi.2ClH.Ti/c1-3-41(4-2)36-25-30-17-11-12-18-31(30)38(39(36)40)37-32-21-19-28(26-13-7-5-8-14-26)23-34(32)35-24-29(20-22-33(35)37)27-15-9-6-10-16-27;;;/h5-24,37,40H,3-4,25H2,1-2H3;2*1H;/q;;;+3/p-3. The van der Waals surface area contributed by atoms with Gasteiger partial charge in [0.05, 0.1) is 0 Å². The van der Waals surface area contributed by atoms with E-state index < -0.39 is 8.41 Å². The van der Waals surface area contributed by atoms with Crippen LogP contribution in [0.25, 0.3) is 39.0 Å². The minimum absolute atomic E-state index is 0. The summed E-state index contributed by atoms with van der Waals surface area (Å²) in [7, 11) is -0.691. The molecule has 0 bridgehead atoms. The molecule has 0 saturated heterocycles. The van der Waals surface area contributed by atoms with Crippen molar-refractivity contribution in [3.05, 3.63) is 149 Å². The zero-order chi connectivity index (χ0) is 28.6. The monoisotopic (exact) mass is 663 g/mol. The van der Waals surface area contributed by atoms with E-state index in [1.807, 2.05) is 20.8 Å². The summed E-state index contributed by atoms with van der Waals surface area (Å²) >= 11 is 1.89. The molecule has 0 aliphatic heterocycles. The predicted octanol–water partition coefficient (Wildman–Crippen LogP) is 3.88. The van der Waals surface area contributed by atoms with Crippen LogP contribution in [0.15, 0.2) is 127 Å². The predicted molar refractivity (Wildman–Crippen MR) is 174 cm³/mol. The summed E-state index contributed by atoms with van der Waals surface area (Å²) < 4.78 is 6.45. The molecule has 7 rings (SSSR count). The van der Waals surface area contributed by atoms with Gasteiger partial charge < -0.3 is 24.8 Å². The first-order valence-corrected chi connectivity index (χ1v) is 17.5. The fraction of sp³-hybridized carbons (Fsp3) is 0.154. The zero-order valence-corrected chi connectivity index (χ0v) is 29.0. The molecule has 0 atom stereocenters. The Kier molecular flexibility index (Phi) is 10.3. The molecular formula is C39H33Cl2OSiTi. The third-order valence-corrected chi connectivity index (χ3v) is 12.4. The maximum atomic E-state index is 6.45. The maximum absolute atomic E-state index is 6.45. The molecule has 0 saturated carbocycles. The molecule has 2 aliphatic carbocycles. The van der Waals surface area contributed by atoms with Crippen molar-refractivity contribution < 1.29 is 49.0 Å². The molecule has 0 heterocycles. The molecule has 1 nitrogen and oxygen atoms in total. The molecule has 2 aliphatic rings. The molecule has 0 amide bonds. The van der Waals surface area contributed by atoms with E-state index in [-0.39, 0.29) is 30.7 Å². The average molecular weight is 665 g/mol. The first-order chi connectivity index (χ1) is 20.7. The van der Waals surface area contributed by atoms with Crippen molar-refractivity contribution in [3.63, 3.8) is 0 Å². The van der Waals surface area contributed by atoms with Crippen LogP contribution in [0, 0.1) is 0 Å². The van der Waals surface area contributed by atoms with Crippen molar-refractivity contribution >= 4 is 19.2 Å². The molecule has 0 unspecified atom stereocenters. The van der Waals surface area contributed by atoms with Gasteiger partial charge in [0.15, 0.2) is 0 Å². The van der Waals surface area contributed by atoms with Crippen molar-refractivity contribution in [2.75, 3.05) is 0 Å². The summed E-state index contributed by atoms with van der Waals surface area (Å²) in [5.41, 5.74) is 14.5. The van der Waals surface area contributed by atoms with E-state index in [0.29, 0.717) is 0 Å². The summed E-state index contributed by atoms with van der Waals surface area (Å²) in [6.07, 6.45) is 1.01. The first-order valence-electron chi connectivity index (χ1n) is 15.0. The molecule has 5 heteroatoms. The van der Waals surface area contributed by atoms with E-state index in [1.165, 1.54) is 73.3 Å². The van der Waals surface area contributed by atoms with E-state index in [0.717, 1.165) is 12.2 Å². The third-order valence-electron chi connectivity index (χ3n) is 9.10. The fourth-order valence-electron chi connectivity index (χ4n) is 7.04. The van der Waals surface area contributed by atoms with Gasteiger partial charge in [0, 0.05) is 0 Å². The van der Waals surface area contributed by atoms with Crippen molar-refractivity contribution in [1.29, 1.82) is 0 Å². The normalized spacial score (nSPS) is 13.3. The van der Waals surface area contributed by atoms with Gasteiger partial charge in [-0.3, -0.25) is 0 Å². The van der Waals surface area contributed by atoms with Gasteiger partial charge in [0.25, 0.3) is 0 Å². The summed E-state index contributed by atoms with van der Waals surface area (Å²) in [5.74, 6) is 1.27. The Hall–Kier alpha value is -2.98. The van der Waals surface area contributed by atoms with Crippen molar-refractivity contribution in [3.8, 4) is 33.4 Å². The topological polar surface area (TPSA) is 9.23 Å². The number of rotatable bonds is 6. The number of halogens is 2. The number of hydrogen-bond acceptors (Lipinski definition) is 1. The van der Waals surface area contributed by atoms with E-state index in [2.05, 4.69) is 135 Å². The van der Waals surface area contributed by atoms with E-state index in [1.54, 1.807) is 5.17 Å². The molecule has 0 N–H and O–H groups in total. The number of fused-ring (bicyclic) bond motifs is 4. The van der Waals surface area contributed by atoms with Crippen LogP contribution in [0.4, 0.5) is 0 Å². The summed E-state index contributed by atoms with van der Waals surface area (Å²) in [4.78, 5) is 0. The van der Waals surface area contributed by atoms with Crippen LogP contribution in [0.1, 0.15) is 42.0 Å². The Labute approximate surface area is 287 Å². The van der Waals surface area contributed by atoms with Crippen LogP contribution in [0.2, 0.25) is 12.1 Å². The van der Waals surface area contributed by atoms with Crippen molar-refractivity contribution in [2.24, 2.45) is 0 Å². The average Bonchev–Trinajstić information content (AvgIpc) is 3.38. The number of benzene rings is 5. The molecule has 0 spiro atoms. The zero-order valence-electron chi connectivity index (χ0n) is 24.9. The Morgan fingerprint density at radius 1 is 0.614 bits per heavy atom.